The second-order valence-corrected chi connectivity index (χ2v) is 11.9. The lowest BCUT2D eigenvalue weighted by molar-refractivity contribution is -0.383. The molecular weight excluding hydrogens is 520 g/mol. The number of hydrogen-bond acceptors (Lipinski definition) is 5. The number of nitrogens with one attached hydrogen (secondary N) is 2. The zero-order valence-corrected chi connectivity index (χ0v) is 26.2. The molecule has 0 radical (unpaired) electrons. The summed E-state index contributed by atoms with van der Waals surface area (Å²) in [6, 6.07) is 27.4. The Morgan fingerprint density at radius 1 is 0.571 bits per heavy atom. The second-order valence-electron chi connectivity index (χ2n) is 11.9. The van der Waals surface area contributed by atoms with Crippen molar-refractivity contribution in [1.82, 2.24) is 0 Å². The number of nitrogens with two attached hydrogens (primary N) is 1. The highest BCUT2D eigenvalue weighted by Gasteiger charge is 2.18. The van der Waals surface area contributed by atoms with Crippen molar-refractivity contribution < 1.29 is 6.35 Å². The summed E-state index contributed by atoms with van der Waals surface area (Å²) in [7, 11) is 0. The fourth-order valence-corrected chi connectivity index (χ4v) is 5.01. The van der Waals surface area contributed by atoms with E-state index in [0.717, 1.165) is 17.1 Å². The molecule has 0 aliphatic rings. The molecule has 4 aromatic carbocycles. The van der Waals surface area contributed by atoms with Gasteiger partial charge in [0.15, 0.2) is 0 Å². The fourth-order valence-electron chi connectivity index (χ4n) is 5.01. The first kappa shape index (κ1) is 32.2. The van der Waals surface area contributed by atoms with Gasteiger partial charge in [0.25, 0.3) is 5.69 Å². The molecule has 0 heterocycles. The molecule has 6 heteroatoms. The summed E-state index contributed by atoms with van der Waals surface area (Å²) >= 11 is 0. The van der Waals surface area contributed by atoms with Crippen LogP contribution in [-0.2, 0) is 0 Å². The molecule has 0 amide bonds. The lowest BCUT2D eigenvalue weighted by atomic mass is 9.92. The molecular formula is C36H48N4O2. The molecule has 0 atom stereocenters. The molecule has 0 fully saturated rings. The number of para-hydroxylation sites is 6. The molecule has 0 bridgehead atoms. The average molecular weight is 569 g/mol. The minimum atomic E-state index is -0.352. The van der Waals surface area contributed by atoms with E-state index in [1.165, 1.54) is 34.0 Å². The summed E-state index contributed by atoms with van der Waals surface area (Å²) in [6.07, 6.45) is 0. The lowest BCUT2D eigenvalue weighted by Crippen LogP contribution is -2.05. The Balaban J connectivity index is 0.000000295. The summed E-state index contributed by atoms with van der Waals surface area (Å²) in [5.41, 5.74) is 15.6. The number of anilines is 5. The van der Waals surface area contributed by atoms with Gasteiger partial charge in [-0.25, -0.2) is 0 Å². The van der Waals surface area contributed by atoms with E-state index in [9.17, 15) is 10.1 Å². The van der Waals surface area contributed by atoms with Crippen molar-refractivity contribution in [1.29, 1.82) is 0 Å². The van der Waals surface area contributed by atoms with Gasteiger partial charge >= 0.3 is 0 Å². The van der Waals surface area contributed by atoms with Gasteiger partial charge in [-0.1, -0.05) is 116 Å². The molecule has 42 heavy (non-hydrogen) atoms. The van der Waals surface area contributed by atoms with Crippen LogP contribution in [0.3, 0.4) is 0 Å². The molecule has 0 saturated heterocycles. The van der Waals surface area contributed by atoms with Gasteiger partial charge in [-0.3, -0.25) is 10.1 Å². The van der Waals surface area contributed by atoms with E-state index in [0.29, 0.717) is 29.4 Å². The van der Waals surface area contributed by atoms with Gasteiger partial charge in [0.1, 0.15) is 5.69 Å². The number of benzene rings is 4. The van der Waals surface area contributed by atoms with Crippen LogP contribution >= 0.6 is 0 Å². The van der Waals surface area contributed by atoms with Crippen LogP contribution in [-0.4, -0.2) is 4.92 Å². The number of nitro groups is 1. The quantitative estimate of drug-likeness (QED) is 0.106. The number of nitrogen functional groups attached to an aromatic ring is 1. The van der Waals surface area contributed by atoms with Gasteiger partial charge in [-0.05, 0) is 64.1 Å². The van der Waals surface area contributed by atoms with Crippen LogP contribution in [0.25, 0.3) is 0 Å². The van der Waals surface area contributed by atoms with Gasteiger partial charge < -0.3 is 16.4 Å². The summed E-state index contributed by atoms with van der Waals surface area (Å²) in [4.78, 5) is 10.9. The first-order valence-electron chi connectivity index (χ1n) is 14.8. The van der Waals surface area contributed by atoms with E-state index < -0.39 is 0 Å². The van der Waals surface area contributed by atoms with Crippen LogP contribution in [0.4, 0.5) is 34.1 Å². The fraction of sp³-hybridized carbons (Fsp3) is 0.333. The molecule has 0 saturated carbocycles. The largest absolute Gasteiger partial charge is 0.397 e. The Kier molecular flexibility index (Phi) is 11.1. The Bertz CT molecular complexity index is 1450. The number of rotatable bonds is 9. The van der Waals surface area contributed by atoms with Crippen LogP contribution in [0, 0.1) is 10.1 Å². The summed E-state index contributed by atoms with van der Waals surface area (Å²) in [5.74, 6) is 1.62. The molecule has 0 aliphatic carbocycles. The molecule has 0 aromatic heterocycles. The lowest BCUT2D eigenvalue weighted by Gasteiger charge is -2.21. The van der Waals surface area contributed by atoms with Crippen molar-refractivity contribution in [2.45, 2.75) is 79.1 Å². The van der Waals surface area contributed by atoms with Crippen LogP contribution < -0.4 is 16.4 Å². The third-order valence-corrected chi connectivity index (χ3v) is 7.33. The van der Waals surface area contributed by atoms with E-state index in [1.54, 1.807) is 12.1 Å². The van der Waals surface area contributed by atoms with Crippen LogP contribution in [0.5, 0.6) is 0 Å². The van der Waals surface area contributed by atoms with Crippen molar-refractivity contribution in [3.8, 4) is 0 Å². The van der Waals surface area contributed by atoms with Gasteiger partial charge in [-0.2, -0.15) is 0 Å². The minimum absolute atomic E-state index is 0. The van der Waals surface area contributed by atoms with Crippen molar-refractivity contribution in [3.05, 3.63) is 117 Å². The van der Waals surface area contributed by atoms with Gasteiger partial charge in [0.2, 0.25) is 0 Å². The van der Waals surface area contributed by atoms with Crippen LogP contribution in [0.2, 0.25) is 0 Å². The topological polar surface area (TPSA) is 93.2 Å². The second kappa shape index (κ2) is 14.5. The van der Waals surface area contributed by atoms with E-state index in [4.69, 9.17) is 5.73 Å². The molecule has 224 valence electrons. The Labute approximate surface area is 253 Å². The zero-order chi connectivity index (χ0) is 31.0. The third kappa shape index (κ3) is 7.90. The van der Waals surface area contributed by atoms with E-state index in [2.05, 4.69) is 102 Å². The number of nitro benzene ring substituents is 1. The maximum Gasteiger partial charge on any atom is 0.292 e. The molecule has 0 aliphatic heterocycles. The highest BCUT2D eigenvalue weighted by Crippen LogP contribution is 2.37. The first-order chi connectivity index (χ1) is 19.9. The smallest absolute Gasteiger partial charge is 0.292 e. The standard InChI is InChI=1S/C18H22N2O2.C18H24N2.H2/c1-12(2)14-8-7-9-15(13(3)4)18(14)19-16-10-5-6-11-17(16)20(21)22;1-12(2)14-8-7-9-15(13(3)4)18(14)20-17-11-6-5-10-16(17)19;/h5-13,19H,1-4H3;5-13,20H,19H2,1-4H3;1H. The first-order valence-corrected chi connectivity index (χ1v) is 14.8. The third-order valence-electron chi connectivity index (χ3n) is 7.33. The molecule has 0 unspecified atom stereocenters. The van der Waals surface area contributed by atoms with Crippen molar-refractivity contribution in [2.24, 2.45) is 0 Å². The summed E-state index contributed by atoms with van der Waals surface area (Å²) in [6.45, 7) is 17.4. The normalized spacial score (nSPS) is 11.0. The SMILES string of the molecule is CC(C)c1cccc(C(C)C)c1Nc1ccccc1N.CC(C)c1cccc(C(C)C)c1Nc1ccccc1[N+](=O)[O-].[HH]. The van der Waals surface area contributed by atoms with Gasteiger partial charge in [0, 0.05) is 18.9 Å². The molecule has 4 rings (SSSR count). The van der Waals surface area contributed by atoms with Crippen molar-refractivity contribution in [2.75, 3.05) is 16.4 Å². The summed E-state index contributed by atoms with van der Waals surface area (Å²) in [5, 5.41) is 18.1. The minimum Gasteiger partial charge on any atom is -0.397 e. The Morgan fingerprint density at radius 3 is 1.31 bits per heavy atom. The monoisotopic (exact) mass is 568 g/mol. The number of nitrogens with zero attached hydrogens (tertiary/aromatic N) is 1. The molecule has 0 spiro atoms. The zero-order valence-electron chi connectivity index (χ0n) is 26.2. The highest BCUT2D eigenvalue weighted by atomic mass is 16.6. The van der Waals surface area contributed by atoms with Gasteiger partial charge in [0.05, 0.1) is 16.3 Å². The maximum atomic E-state index is 11.2. The van der Waals surface area contributed by atoms with Crippen molar-refractivity contribution in [3.63, 3.8) is 0 Å². The Hall–Kier alpha value is -4.32. The summed E-state index contributed by atoms with van der Waals surface area (Å²) < 4.78 is 0. The van der Waals surface area contributed by atoms with Gasteiger partial charge in [-0.15, -0.1) is 0 Å². The van der Waals surface area contributed by atoms with Crippen molar-refractivity contribution >= 4 is 34.1 Å². The molecule has 6 nitrogen and oxygen atoms in total. The van der Waals surface area contributed by atoms with E-state index >= 15 is 0 Å². The molecule has 4 N–H and O–H groups in total. The highest BCUT2D eigenvalue weighted by molar-refractivity contribution is 5.76. The predicted molar refractivity (Wildman–Crippen MR) is 182 cm³/mol. The van der Waals surface area contributed by atoms with Crippen LogP contribution in [0.15, 0.2) is 84.9 Å². The van der Waals surface area contributed by atoms with E-state index in [-0.39, 0.29) is 12.0 Å². The van der Waals surface area contributed by atoms with Crippen LogP contribution in [0.1, 0.15) is 103 Å². The average Bonchev–Trinajstić information content (AvgIpc) is 2.94. The molecule has 4 aromatic rings. The maximum absolute atomic E-state index is 11.2. The number of hydrogen-bond donors (Lipinski definition) is 3. The Morgan fingerprint density at radius 2 is 0.929 bits per heavy atom. The van der Waals surface area contributed by atoms with E-state index in [1.807, 2.05) is 30.3 Å². The predicted octanol–water partition coefficient (Wildman–Crippen LogP) is 11.1.